The minimum Gasteiger partial charge on any atom is -0.265 e. The van der Waals surface area contributed by atoms with Gasteiger partial charge in [-0.2, -0.15) is 0 Å². The summed E-state index contributed by atoms with van der Waals surface area (Å²) in [4.78, 5) is 4.00. The minimum absolute atomic E-state index is 1.25. The molecule has 0 radical (unpaired) electrons. The van der Waals surface area contributed by atoms with Crippen molar-refractivity contribution in [1.82, 2.24) is 4.98 Å². The number of hydrogen-bond acceptors (Lipinski definition) is 1. The van der Waals surface area contributed by atoms with Crippen molar-refractivity contribution in [2.24, 2.45) is 0 Å². The van der Waals surface area contributed by atoms with Crippen LogP contribution in [-0.2, 0) is 0 Å². The van der Waals surface area contributed by atoms with Gasteiger partial charge >= 0.3 is 0 Å². The van der Waals surface area contributed by atoms with Crippen LogP contribution in [0.2, 0.25) is 0 Å². The van der Waals surface area contributed by atoms with E-state index in [9.17, 15) is 0 Å². The van der Waals surface area contributed by atoms with Crippen LogP contribution in [0.1, 0.15) is 13.8 Å². The Balaban J connectivity index is 0.000000336. The fourth-order valence-corrected chi connectivity index (χ4v) is 1.05. The van der Waals surface area contributed by atoms with Crippen LogP contribution >= 0.6 is 0 Å². The molecule has 0 saturated heterocycles. The molecule has 0 aromatic rings. The van der Waals surface area contributed by atoms with Crippen molar-refractivity contribution in [3.05, 3.63) is 42.7 Å². The van der Waals surface area contributed by atoms with Gasteiger partial charge in [0, 0.05) is 12.4 Å². The van der Waals surface area contributed by atoms with Crippen molar-refractivity contribution in [3.63, 3.8) is 0 Å². The second-order valence-corrected chi connectivity index (χ2v) is 2.22. The SMILES string of the molecule is CC.c1cc2ccnccc-2c1. The van der Waals surface area contributed by atoms with Gasteiger partial charge in [-0.15, -0.1) is 0 Å². The highest BCUT2D eigenvalue weighted by atomic mass is 14.6. The molecule has 12 heavy (non-hydrogen) atoms. The summed E-state index contributed by atoms with van der Waals surface area (Å²) in [5.74, 6) is 0. The molecular formula is C11H13N. The molecule has 62 valence electrons. The van der Waals surface area contributed by atoms with E-state index < -0.39 is 0 Å². The van der Waals surface area contributed by atoms with E-state index in [2.05, 4.69) is 17.1 Å². The zero-order valence-electron chi connectivity index (χ0n) is 7.49. The highest BCUT2D eigenvalue weighted by Crippen LogP contribution is 2.19. The molecule has 1 aliphatic heterocycles. The Kier molecular flexibility index (Phi) is 3.27. The summed E-state index contributed by atoms with van der Waals surface area (Å²) >= 11 is 0. The lowest BCUT2D eigenvalue weighted by Gasteiger charge is -1.85. The minimum atomic E-state index is 1.25. The van der Waals surface area contributed by atoms with Crippen LogP contribution < -0.4 is 0 Å². The molecule has 1 aliphatic carbocycles. The zero-order chi connectivity index (χ0) is 8.81. The largest absolute Gasteiger partial charge is 0.265 e. The summed E-state index contributed by atoms with van der Waals surface area (Å²) < 4.78 is 0. The van der Waals surface area contributed by atoms with Crippen molar-refractivity contribution in [3.8, 4) is 11.1 Å². The average molecular weight is 159 g/mol. The zero-order valence-corrected chi connectivity index (χ0v) is 7.49. The molecule has 1 heteroatoms. The van der Waals surface area contributed by atoms with Crippen LogP contribution in [0.4, 0.5) is 0 Å². The topological polar surface area (TPSA) is 12.9 Å². The quantitative estimate of drug-likeness (QED) is 0.575. The first-order chi connectivity index (χ1) is 5.97. The molecule has 1 nitrogen and oxygen atoms in total. The second-order valence-electron chi connectivity index (χ2n) is 2.22. The maximum absolute atomic E-state index is 4.00. The first-order valence-electron chi connectivity index (χ1n) is 4.25. The van der Waals surface area contributed by atoms with Gasteiger partial charge in [-0.25, -0.2) is 0 Å². The molecule has 0 N–H and O–H groups in total. The summed E-state index contributed by atoms with van der Waals surface area (Å²) in [6.45, 7) is 4.00. The summed E-state index contributed by atoms with van der Waals surface area (Å²) in [5, 5.41) is 0. The molecule has 0 bridgehead atoms. The molecule has 0 amide bonds. The van der Waals surface area contributed by atoms with Crippen molar-refractivity contribution >= 4 is 0 Å². The van der Waals surface area contributed by atoms with E-state index in [1.165, 1.54) is 11.1 Å². The van der Waals surface area contributed by atoms with E-state index in [0.717, 1.165) is 0 Å². The summed E-state index contributed by atoms with van der Waals surface area (Å²) in [5.41, 5.74) is 2.50. The van der Waals surface area contributed by atoms with Gasteiger partial charge in [0.05, 0.1) is 0 Å². The van der Waals surface area contributed by atoms with Gasteiger partial charge in [-0.1, -0.05) is 32.0 Å². The molecule has 0 atom stereocenters. The Morgan fingerprint density at radius 3 is 1.83 bits per heavy atom. The van der Waals surface area contributed by atoms with Crippen LogP contribution in [-0.4, -0.2) is 4.98 Å². The van der Waals surface area contributed by atoms with Crippen LogP contribution in [0, 0.1) is 0 Å². The monoisotopic (exact) mass is 159 g/mol. The van der Waals surface area contributed by atoms with Gasteiger partial charge < -0.3 is 0 Å². The molecule has 0 aromatic heterocycles. The van der Waals surface area contributed by atoms with Crippen molar-refractivity contribution in [2.75, 3.05) is 0 Å². The molecule has 0 aromatic carbocycles. The standard InChI is InChI=1S/C9H7N.C2H6/c1-2-8-4-6-10-7-5-9(8)3-1;1-2/h1-7H;1-2H3. The fourth-order valence-electron chi connectivity index (χ4n) is 1.05. The number of rotatable bonds is 0. The Hall–Kier alpha value is -1.37. The first-order valence-corrected chi connectivity index (χ1v) is 4.25. The number of nitrogens with zero attached hydrogens (tertiary/aromatic N) is 1. The molecule has 2 rings (SSSR count). The first kappa shape index (κ1) is 8.72. The van der Waals surface area contributed by atoms with E-state index >= 15 is 0 Å². The molecule has 2 aliphatic rings. The van der Waals surface area contributed by atoms with Crippen LogP contribution in [0.15, 0.2) is 42.7 Å². The molecule has 0 fully saturated rings. The normalized spacial score (nSPS) is 8.83. The van der Waals surface area contributed by atoms with Gasteiger partial charge in [0.15, 0.2) is 0 Å². The van der Waals surface area contributed by atoms with Crippen molar-refractivity contribution in [2.45, 2.75) is 13.8 Å². The highest BCUT2D eigenvalue weighted by molar-refractivity contribution is 5.64. The molecule has 0 saturated carbocycles. The van der Waals surface area contributed by atoms with Gasteiger partial charge in [-0.3, -0.25) is 4.98 Å². The Morgan fingerprint density at radius 2 is 1.33 bits per heavy atom. The van der Waals surface area contributed by atoms with Crippen molar-refractivity contribution < 1.29 is 0 Å². The van der Waals surface area contributed by atoms with E-state index in [4.69, 9.17) is 0 Å². The lowest BCUT2D eigenvalue weighted by atomic mass is 10.2. The Bertz CT molecular complexity index is 276. The van der Waals surface area contributed by atoms with Crippen LogP contribution in [0.5, 0.6) is 0 Å². The predicted octanol–water partition coefficient (Wildman–Crippen LogP) is 3.21. The highest BCUT2D eigenvalue weighted by Gasteiger charge is 1.95. The predicted molar refractivity (Wildman–Crippen MR) is 52.2 cm³/mol. The average Bonchev–Trinajstić information content (AvgIpc) is 2.46. The fraction of sp³-hybridized carbons (Fsp3) is 0.182. The maximum Gasteiger partial charge on any atom is 0.0273 e. The van der Waals surface area contributed by atoms with Gasteiger partial charge in [0.1, 0.15) is 0 Å². The van der Waals surface area contributed by atoms with Gasteiger partial charge in [-0.05, 0) is 23.3 Å². The van der Waals surface area contributed by atoms with Crippen molar-refractivity contribution in [1.29, 1.82) is 0 Å². The number of hydrogen-bond donors (Lipinski definition) is 0. The Morgan fingerprint density at radius 1 is 0.833 bits per heavy atom. The smallest absolute Gasteiger partial charge is 0.0273 e. The van der Waals surface area contributed by atoms with E-state index in [0.29, 0.717) is 0 Å². The van der Waals surface area contributed by atoms with Crippen LogP contribution in [0.25, 0.3) is 11.1 Å². The Labute approximate surface area is 73.4 Å². The molecular weight excluding hydrogens is 146 g/mol. The van der Waals surface area contributed by atoms with E-state index in [1.807, 2.05) is 44.4 Å². The summed E-state index contributed by atoms with van der Waals surface area (Å²) in [7, 11) is 0. The number of fused-ring (bicyclic) bond motifs is 1. The molecule has 0 spiro atoms. The number of aromatic nitrogens is 1. The molecule has 1 heterocycles. The van der Waals surface area contributed by atoms with Gasteiger partial charge in [0.2, 0.25) is 0 Å². The summed E-state index contributed by atoms with van der Waals surface area (Å²) in [6.07, 6.45) is 3.62. The summed E-state index contributed by atoms with van der Waals surface area (Å²) in [6, 6.07) is 10.2. The van der Waals surface area contributed by atoms with Gasteiger partial charge in [0.25, 0.3) is 0 Å². The van der Waals surface area contributed by atoms with E-state index in [1.54, 1.807) is 0 Å². The lowest BCUT2D eigenvalue weighted by molar-refractivity contribution is 1.37. The third kappa shape index (κ3) is 1.82. The van der Waals surface area contributed by atoms with E-state index in [-0.39, 0.29) is 0 Å². The second kappa shape index (κ2) is 4.50. The lowest BCUT2D eigenvalue weighted by Crippen LogP contribution is -1.59. The third-order valence-corrected chi connectivity index (χ3v) is 1.57. The maximum atomic E-state index is 4.00. The third-order valence-electron chi connectivity index (χ3n) is 1.57. The van der Waals surface area contributed by atoms with Crippen LogP contribution in [0.3, 0.4) is 0 Å². The molecule has 0 unspecified atom stereocenters.